The molecule has 1 heterocycles. The van der Waals surface area contributed by atoms with Crippen LogP contribution in [0.2, 0.25) is 0 Å². The highest BCUT2D eigenvalue weighted by Gasteiger charge is 2.17. The molecule has 3 N–H and O–H groups in total. The molecule has 0 aromatic carbocycles. The molecule has 0 spiro atoms. The van der Waals surface area contributed by atoms with Crippen LogP contribution >= 0.6 is 0 Å². The van der Waals surface area contributed by atoms with E-state index in [-0.39, 0.29) is 12.6 Å². The molecule has 0 radical (unpaired) electrons. The lowest BCUT2D eigenvalue weighted by Crippen LogP contribution is -2.58. The van der Waals surface area contributed by atoms with Gasteiger partial charge in [0.25, 0.3) is 0 Å². The number of aliphatic hydroxyl groups is 1. The fraction of sp³-hybridized carbons (Fsp3) is 1.00. The topological polar surface area (TPSA) is 44.3 Å². The van der Waals surface area contributed by atoms with E-state index < -0.39 is 0 Å². The van der Waals surface area contributed by atoms with Crippen molar-refractivity contribution in [1.82, 2.24) is 10.6 Å². The predicted octanol–water partition coefficient (Wildman–Crippen LogP) is -1.07. The van der Waals surface area contributed by atoms with Gasteiger partial charge < -0.3 is 15.7 Å². The van der Waals surface area contributed by atoms with E-state index in [0.29, 0.717) is 6.04 Å². The smallest absolute Gasteiger partial charge is 0.0582 e. The van der Waals surface area contributed by atoms with Gasteiger partial charge in [0.1, 0.15) is 0 Å². The molecule has 9 heavy (non-hydrogen) atoms. The Kier molecular flexibility index (Phi) is 2.45. The number of rotatable bonds is 3. The summed E-state index contributed by atoms with van der Waals surface area (Å²) in [5, 5.41) is 15.0. The van der Waals surface area contributed by atoms with E-state index in [9.17, 15) is 0 Å². The molecule has 1 rings (SSSR count). The first-order valence-electron chi connectivity index (χ1n) is 3.40. The van der Waals surface area contributed by atoms with Gasteiger partial charge in [0.05, 0.1) is 6.61 Å². The summed E-state index contributed by atoms with van der Waals surface area (Å²) in [5.74, 6) is 0. The van der Waals surface area contributed by atoms with Crippen molar-refractivity contribution in [1.29, 1.82) is 0 Å². The Morgan fingerprint density at radius 2 is 2.44 bits per heavy atom. The third kappa shape index (κ3) is 1.93. The van der Waals surface area contributed by atoms with Crippen LogP contribution < -0.4 is 10.6 Å². The normalized spacial score (nSPS) is 23.3. The quantitative estimate of drug-likeness (QED) is 0.456. The lowest BCUT2D eigenvalue weighted by Gasteiger charge is -2.30. The molecule has 0 aromatic heterocycles. The van der Waals surface area contributed by atoms with Gasteiger partial charge in [0, 0.05) is 25.2 Å². The third-order valence-electron chi connectivity index (χ3n) is 1.58. The van der Waals surface area contributed by atoms with E-state index >= 15 is 0 Å². The van der Waals surface area contributed by atoms with Crippen molar-refractivity contribution >= 4 is 0 Å². The summed E-state index contributed by atoms with van der Waals surface area (Å²) < 4.78 is 0. The molecule has 0 saturated carbocycles. The van der Waals surface area contributed by atoms with E-state index in [1.807, 2.05) is 6.92 Å². The molecule has 1 saturated heterocycles. The molecule has 1 unspecified atom stereocenters. The number of hydrogen-bond donors (Lipinski definition) is 3. The minimum atomic E-state index is 0.233. The lowest BCUT2D eigenvalue weighted by atomic mass is 10.1. The Morgan fingerprint density at radius 3 is 2.78 bits per heavy atom. The summed E-state index contributed by atoms with van der Waals surface area (Å²) in [6, 6.07) is 0.837. The van der Waals surface area contributed by atoms with E-state index in [1.165, 1.54) is 0 Å². The van der Waals surface area contributed by atoms with Crippen molar-refractivity contribution in [3.8, 4) is 0 Å². The average molecular weight is 130 g/mol. The van der Waals surface area contributed by atoms with E-state index in [1.54, 1.807) is 0 Å². The van der Waals surface area contributed by atoms with Crippen molar-refractivity contribution in [2.24, 2.45) is 0 Å². The first kappa shape index (κ1) is 6.99. The molecular weight excluding hydrogens is 116 g/mol. The zero-order valence-corrected chi connectivity index (χ0v) is 5.72. The van der Waals surface area contributed by atoms with Crippen LogP contribution in [0.1, 0.15) is 6.92 Å². The molecular formula is C6H14N2O. The Balaban J connectivity index is 2.01. The van der Waals surface area contributed by atoms with Crippen LogP contribution in [-0.2, 0) is 0 Å². The van der Waals surface area contributed by atoms with Gasteiger partial charge in [0.2, 0.25) is 0 Å². The van der Waals surface area contributed by atoms with E-state index in [2.05, 4.69) is 10.6 Å². The maximum Gasteiger partial charge on any atom is 0.0582 e. The SMILES string of the molecule is CC(CO)NC1CNC1. The predicted molar refractivity (Wildman–Crippen MR) is 36.3 cm³/mol. The summed E-state index contributed by atoms with van der Waals surface area (Å²) in [5.41, 5.74) is 0. The molecule has 54 valence electrons. The molecule has 0 amide bonds. The summed E-state index contributed by atoms with van der Waals surface area (Å²) in [6.07, 6.45) is 0. The van der Waals surface area contributed by atoms with E-state index in [4.69, 9.17) is 5.11 Å². The van der Waals surface area contributed by atoms with Crippen LogP contribution in [0.4, 0.5) is 0 Å². The third-order valence-corrected chi connectivity index (χ3v) is 1.58. The van der Waals surface area contributed by atoms with Crippen LogP contribution in [0.5, 0.6) is 0 Å². The highest BCUT2D eigenvalue weighted by Crippen LogP contribution is 1.92. The summed E-state index contributed by atoms with van der Waals surface area (Å²) in [4.78, 5) is 0. The first-order valence-corrected chi connectivity index (χ1v) is 3.40. The van der Waals surface area contributed by atoms with Crippen molar-refractivity contribution < 1.29 is 5.11 Å². The lowest BCUT2D eigenvalue weighted by molar-refractivity contribution is 0.224. The van der Waals surface area contributed by atoms with Gasteiger partial charge in [-0.3, -0.25) is 0 Å². The maximum atomic E-state index is 8.62. The number of hydrogen-bond acceptors (Lipinski definition) is 3. The van der Waals surface area contributed by atoms with Gasteiger partial charge in [0.15, 0.2) is 0 Å². The van der Waals surface area contributed by atoms with Crippen LogP contribution in [0.15, 0.2) is 0 Å². The second-order valence-corrected chi connectivity index (χ2v) is 2.61. The minimum Gasteiger partial charge on any atom is -0.395 e. The monoisotopic (exact) mass is 130 g/mol. The first-order chi connectivity index (χ1) is 4.33. The molecule has 0 aliphatic carbocycles. The molecule has 1 aliphatic rings. The second kappa shape index (κ2) is 3.15. The largest absolute Gasteiger partial charge is 0.395 e. The summed E-state index contributed by atoms with van der Waals surface area (Å²) in [6.45, 7) is 4.31. The molecule has 0 bridgehead atoms. The van der Waals surface area contributed by atoms with Gasteiger partial charge in [-0.25, -0.2) is 0 Å². The molecule has 3 heteroatoms. The molecule has 3 nitrogen and oxygen atoms in total. The Bertz CT molecular complexity index is 80.4. The van der Waals surface area contributed by atoms with Crippen LogP contribution in [0.25, 0.3) is 0 Å². The number of aliphatic hydroxyl groups excluding tert-OH is 1. The van der Waals surface area contributed by atoms with Gasteiger partial charge in [-0.1, -0.05) is 0 Å². The van der Waals surface area contributed by atoms with Gasteiger partial charge in [-0.2, -0.15) is 0 Å². The highest BCUT2D eigenvalue weighted by atomic mass is 16.3. The fourth-order valence-electron chi connectivity index (χ4n) is 0.862. The fourth-order valence-corrected chi connectivity index (χ4v) is 0.862. The van der Waals surface area contributed by atoms with Crippen molar-refractivity contribution in [3.05, 3.63) is 0 Å². The van der Waals surface area contributed by atoms with Gasteiger partial charge in [-0.05, 0) is 6.92 Å². The highest BCUT2D eigenvalue weighted by molar-refractivity contribution is 4.83. The number of nitrogens with one attached hydrogen (secondary N) is 2. The van der Waals surface area contributed by atoms with E-state index in [0.717, 1.165) is 13.1 Å². The molecule has 1 aliphatic heterocycles. The van der Waals surface area contributed by atoms with Gasteiger partial charge in [-0.15, -0.1) is 0 Å². The van der Waals surface area contributed by atoms with Crippen molar-refractivity contribution in [2.75, 3.05) is 19.7 Å². The van der Waals surface area contributed by atoms with Crippen LogP contribution in [-0.4, -0.2) is 36.9 Å². The molecule has 1 atom stereocenters. The zero-order valence-electron chi connectivity index (χ0n) is 5.72. The Labute approximate surface area is 55.5 Å². The minimum absolute atomic E-state index is 0.233. The average Bonchev–Trinajstić information content (AvgIpc) is 1.78. The molecule has 0 aromatic rings. The van der Waals surface area contributed by atoms with Crippen molar-refractivity contribution in [2.45, 2.75) is 19.0 Å². The Hall–Kier alpha value is -0.120. The molecule has 1 fully saturated rings. The van der Waals surface area contributed by atoms with Crippen molar-refractivity contribution in [3.63, 3.8) is 0 Å². The van der Waals surface area contributed by atoms with Gasteiger partial charge >= 0.3 is 0 Å². The van der Waals surface area contributed by atoms with Crippen LogP contribution in [0, 0.1) is 0 Å². The Morgan fingerprint density at radius 1 is 1.78 bits per heavy atom. The maximum absolute atomic E-state index is 8.62. The standard InChI is InChI=1S/C6H14N2O/c1-5(4-9)8-6-2-7-3-6/h5-9H,2-4H2,1H3. The summed E-state index contributed by atoms with van der Waals surface area (Å²) in [7, 11) is 0. The van der Waals surface area contributed by atoms with Crippen LogP contribution in [0.3, 0.4) is 0 Å². The second-order valence-electron chi connectivity index (χ2n) is 2.61. The zero-order chi connectivity index (χ0) is 6.69. The summed E-state index contributed by atoms with van der Waals surface area (Å²) >= 11 is 0.